The summed E-state index contributed by atoms with van der Waals surface area (Å²) in [5, 5.41) is 4.67. The highest BCUT2D eigenvalue weighted by Gasteiger charge is 2.30. The lowest BCUT2D eigenvalue weighted by Crippen LogP contribution is -2.06. The van der Waals surface area contributed by atoms with Crippen molar-refractivity contribution >= 4 is 16.9 Å². The van der Waals surface area contributed by atoms with Crippen molar-refractivity contribution in [2.24, 2.45) is 0 Å². The second-order valence-electron chi connectivity index (χ2n) is 4.49. The Morgan fingerprint density at radius 2 is 1.76 bits per heavy atom. The number of halogens is 3. The lowest BCUT2D eigenvalue weighted by Gasteiger charge is -2.08. The Kier molecular flexibility index (Phi) is 2.82. The minimum absolute atomic E-state index is 0.288. The van der Waals surface area contributed by atoms with Gasteiger partial charge in [-0.05, 0) is 31.2 Å². The van der Waals surface area contributed by atoms with Crippen LogP contribution in [-0.2, 0) is 6.18 Å². The van der Waals surface area contributed by atoms with Crippen molar-refractivity contribution < 1.29 is 13.2 Å². The maximum atomic E-state index is 12.6. The first kappa shape index (κ1) is 13.3. The van der Waals surface area contributed by atoms with E-state index < -0.39 is 11.7 Å². The molecule has 0 radical (unpaired) electrons. The van der Waals surface area contributed by atoms with Gasteiger partial charge in [-0.2, -0.15) is 18.3 Å². The number of nitrogens with zero attached hydrogens (tertiary/aromatic N) is 4. The predicted molar refractivity (Wildman–Crippen MR) is 70.8 cm³/mol. The standard InChI is InChI=1S/C13H10F3N5/c1-7-19-11(17)10-6-18-21(12(10)20-7)9-4-2-8(3-5-9)13(14,15)16/h2-6H,1H3,(H2,17,19,20). The van der Waals surface area contributed by atoms with Gasteiger partial charge in [0.15, 0.2) is 5.65 Å². The van der Waals surface area contributed by atoms with E-state index in [1.54, 1.807) is 6.92 Å². The van der Waals surface area contributed by atoms with Crippen LogP contribution in [0, 0.1) is 6.92 Å². The van der Waals surface area contributed by atoms with E-state index in [2.05, 4.69) is 15.1 Å². The molecule has 0 unspecified atom stereocenters. The van der Waals surface area contributed by atoms with E-state index in [1.165, 1.54) is 23.0 Å². The normalized spacial score (nSPS) is 12.0. The molecule has 2 aromatic heterocycles. The van der Waals surface area contributed by atoms with Crippen LogP contribution >= 0.6 is 0 Å². The van der Waals surface area contributed by atoms with Gasteiger partial charge in [0.2, 0.25) is 0 Å². The number of aromatic nitrogens is 4. The Balaban J connectivity index is 2.13. The maximum absolute atomic E-state index is 12.6. The number of nitrogen functional groups attached to an aromatic ring is 1. The molecule has 0 atom stereocenters. The SMILES string of the molecule is Cc1nc(N)c2cnn(-c3ccc(C(F)(F)F)cc3)c2n1. The van der Waals surface area contributed by atoms with Crippen LogP contribution in [0.1, 0.15) is 11.4 Å². The average Bonchev–Trinajstić information content (AvgIpc) is 2.82. The van der Waals surface area contributed by atoms with Crippen LogP contribution in [-0.4, -0.2) is 19.7 Å². The van der Waals surface area contributed by atoms with Crippen LogP contribution in [0.5, 0.6) is 0 Å². The molecule has 0 aliphatic heterocycles. The lowest BCUT2D eigenvalue weighted by atomic mass is 10.2. The number of fused-ring (bicyclic) bond motifs is 1. The quantitative estimate of drug-likeness (QED) is 0.749. The molecule has 0 amide bonds. The van der Waals surface area contributed by atoms with Crippen molar-refractivity contribution in [3.63, 3.8) is 0 Å². The topological polar surface area (TPSA) is 69.6 Å². The molecule has 108 valence electrons. The number of rotatable bonds is 1. The Hall–Kier alpha value is -2.64. The zero-order valence-corrected chi connectivity index (χ0v) is 10.9. The van der Waals surface area contributed by atoms with Gasteiger partial charge < -0.3 is 5.73 Å². The third-order valence-electron chi connectivity index (χ3n) is 3.01. The molecular formula is C13H10F3N5. The summed E-state index contributed by atoms with van der Waals surface area (Å²) in [5.41, 5.74) is 5.99. The molecule has 3 rings (SSSR count). The Bertz CT molecular complexity index is 805. The van der Waals surface area contributed by atoms with Gasteiger partial charge in [0.1, 0.15) is 11.6 Å². The van der Waals surface area contributed by atoms with E-state index in [4.69, 9.17) is 5.73 Å². The van der Waals surface area contributed by atoms with Crippen LogP contribution < -0.4 is 5.73 Å². The molecule has 2 N–H and O–H groups in total. The van der Waals surface area contributed by atoms with Crippen LogP contribution in [0.3, 0.4) is 0 Å². The number of alkyl halides is 3. The van der Waals surface area contributed by atoms with E-state index in [9.17, 15) is 13.2 Å². The summed E-state index contributed by atoms with van der Waals surface area (Å²) in [6, 6.07) is 4.67. The first-order chi connectivity index (χ1) is 9.86. The van der Waals surface area contributed by atoms with E-state index in [-0.39, 0.29) is 5.82 Å². The number of hydrogen-bond acceptors (Lipinski definition) is 4. The molecule has 3 aromatic rings. The molecule has 2 heterocycles. The van der Waals surface area contributed by atoms with Crippen LogP contribution in [0.25, 0.3) is 16.7 Å². The Labute approximate surface area is 117 Å². The Morgan fingerprint density at radius 1 is 1.10 bits per heavy atom. The van der Waals surface area contributed by atoms with Gasteiger partial charge in [0.25, 0.3) is 0 Å². The summed E-state index contributed by atoms with van der Waals surface area (Å²) in [4.78, 5) is 8.25. The fourth-order valence-corrected chi connectivity index (χ4v) is 2.02. The van der Waals surface area contributed by atoms with Gasteiger partial charge in [-0.1, -0.05) is 0 Å². The molecule has 0 saturated carbocycles. The van der Waals surface area contributed by atoms with Crippen molar-refractivity contribution in [1.82, 2.24) is 19.7 Å². The first-order valence-corrected chi connectivity index (χ1v) is 6.02. The van der Waals surface area contributed by atoms with E-state index in [1.807, 2.05) is 0 Å². The highest BCUT2D eigenvalue weighted by molar-refractivity contribution is 5.86. The van der Waals surface area contributed by atoms with Crippen molar-refractivity contribution in [3.05, 3.63) is 41.9 Å². The molecule has 0 fully saturated rings. The number of aryl methyl sites for hydroxylation is 1. The molecule has 0 aliphatic rings. The molecule has 5 nitrogen and oxygen atoms in total. The summed E-state index contributed by atoms with van der Waals surface area (Å²) < 4.78 is 39.1. The summed E-state index contributed by atoms with van der Waals surface area (Å²) in [6.07, 6.45) is -2.88. The predicted octanol–water partition coefficient (Wildman–Crippen LogP) is 2.72. The number of anilines is 1. The summed E-state index contributed by atoms with van der Waals surface area (Å²) in [5.74, 6) is 0.754. The number of nitrogens with two attached hydrogens (primary N) is 1. The summed E-state index contributed by atoms with van der Waals surface area (Å²) >= 11 is 0. The maximum Gasteiger partial charge on any atom is 0.416 e. The van der Waals surface area contributed by atoms with E-state index in [0.29, 0.717) is 22.5 Å². The highest BCUT2D eigenvalue weighted by Crippen LogP contribution is 2.30. The average molecular weight is 293 g/mol. The Morgan fingerprint density at radius 3 is 2.38 bits per heavy atom. The van der Waals surface area contributed by atoms with E-state index in [0.717, 1.165) is 12.1 Å². The molecule has 0 aliphatic carbocycles. The fourth-order valence-electron chi connectivity index (χ4n) is 2.02. The van der Waals surface area contributed by atoms with Gasteiger partial charge in [0, 0.05) is 0 Å². The molecular weight excluding hydrogens is 283 g/mol. The van der Waals surface area contributed by atoms with Crippen LogP contribution in [0.4, 0.5) is 19.0 Å². The third-order valence-corrected chi connectivity index (χ3v) is 3.01. The van der Waals surface area contributed by atoms with Gasteiger partial charge in [-0.15, -0.1) is 0 Å². The minimum atomic E-state index is -4.37. The zero-order valence-electron chi connectivity index (χ0n) is 10.9. The van der Waals surface area contributed by atoms with Crippen molar-refractivity contribution in [3.8, 4) is 5.69 Å². The molecule has 1 aromatic carbocycles. The monoisotopic (exact) mass is 293 g/mol. The number of benzene rings is 1. The number of hydrogen-bond donors (Lipinski definition) is 1. The molecule has 21 heavy (non-hydrogen) atoms. The first-order valence-electron chi connectivity index (χ1n) is 6.02. The third kappa shape index (κ3) is 2.28. The van der Waals surface area contributed by atoms with Gasteiger partial charge in [0.05, 0.1) is 22.8 Å². The zero-order chi connectivity index (χ0) is 15.2. The minimum Gasteiger partial charge on any atom is -0.383 e. The van der Waals surface area contributed by atoms with Crippen LogP contribution in [0.15, 0.2) is 30.5 Å². The van der Waals surface area contributed by atoms with Gasteiger partial charge >= 0.3 is 6.18 Å². The van der Waals surface area contributed by atoms with Crippen molar-refractivity contribution in [2.45, 2.75) is 13.1 Å². The van der Waals surface area contributed by atoms with E-state index >= 15 is 0 Å². The fraction of sp³-hybridized carbons (Fsp3) is 0.154. The summed E-state index contributed by atoms with van der Waals surface area (Å²) in [7, 11) is 0. The van der Waals surface area contributed by atoms with Gasteiger partial charge in [-0.25, -0.2) is 14.6 Å². The molecule has 0 bridgehead atoms. The van der Waals surface area contributed by atoms with Crippen LogP contribution in [0.2, 0.25) is 0 Å². The van der Waals surface area contributed by atoms with Gasteiger partial charge in [-0.3, -0.25) is 0 Å². The second kappa shape index (κ2) is 4.44. The highest BCUT2D eigenvalue weighted by atomic mass is 19.4. The molecule has 0 saturated heterocycles. The molecule has 8 heteroatoms. The second-order valence-corrected chi connectivity index (χ2v) is 4.49. The summed E-state index contributed by atoms with van der Waals surface area (Å²) in [6.45, 7) is 1.68. The largest absolute Gasteiger partial charge is 0.416 e. The lowest BCUT2D eigenvalue weighted by molar-refractivity contribution is -0.137. The van der Waals surface area contributed by atoms with Crippen molar-refractivity contribution in [1.29, 1.82) is 0 Å². The smallest absolute Gasteiger partial charge is 0.383 e. The molecule has 0 spiro atoms. The van der Waals surface area contributed by atoms with Crippen molar-refractivity contribution in [2.75, 3.05) is 5.73 Å².